The van der Waals surface area contributed by atoms with Crippen molar-refractivity contribution in [3.05, 3.63) is 28.5 Å². The van der Waals surface area contributed by atoms with Crippen LogP contribution < -0.4 is 5.73 Å². The molecule has 17 heavy (non-hydrogen) atoms. The first-order valence-electron chi connectivity index (χ1n) is 5.65. The van der Waals surface area contributed by atoms with E-state index < -0.39 is 0 Å². The van der Waals surface area contributed by atoms with Gasteiger partial charge in [-0.1, -0.05) is 6.92 Å². The van der Waals surface area contributed by atoms with Gasteiger partial charge in [0.2, 0.25) is 0 Å². The molecule has 0 radical (unpaired) electrons. The van der Waals surface area contributed by atoms with E-state index in [9.17, 15) is 4.79 Å². The van der Waals surface area contributed by atoms with E-state index in [1.807, 2.05) is 11.0 Å². The van der Waals surface area contributed by atoms with E-state index in [0.717, 1.165) is 24.0 Å². The molecule has 0 bridgehead atoms. The second-order valence-electron chi connectivity index (χ2n) is 4.85. The van der Waals surface area contributed by atoms with E-state index in [0.29, 0.717) is 12.2 Å². The van der Waals surface area contributed by atoms with Crippen LogP contribution in [0.2, 0.25) is 0 Å². The molecule has 1 unspecified atom stereocenters. The highest BCUT2D eigenvalue weighted by atomic mass is 79.9. The first kappa shape index (κ1) is 12.5. The average Bonchev–Trinajstić information content (AvgIpc) is 2.73. The Morgan fingerprint density at radius 3 is 2.94 bits per heavy atom. The molecule has 2 N–H and O–H groups in total. The molecule has 1 aliphatic rings. The second-order valence-corrected chi connectivity index (χ2v) is 5.77. The van der Waals surface area contributed by atoms with Gasteiger partial charge in [-0.2, -0.15) is 0 Å². The van der Waals surface area contributed by atoms with Crippen molar-refractivity contribution in [2.75, 3.05) is 19.6 Å². The Hall–Kier alpha value is -0.940. The number of carbonyl (C=O) groups excluding carboxylic acids is 1. The maximum Gasteiger partial charge on any atom is 0.272 e. The lowest BCUT2D eigenvalue weighted by molar-refractivity contribution is 0.0771. The lowest BCUT2D eigenvalue weighted by Crippen LogP contribution is -2.34. The van der Waals surface area contributed by atoms with E-state index in [1.165, 1.54) is 0 Å². The van der Waals surface area contributed by atoms with Crippen LogP contribution in [-0.4, -0.2) is 35.4 Å². The summed E-state index contributed by atoms with van der Waals surface area (Å²) in [6.07, 6.45) is 2.61. The Kier molecular flexibility index (Phi) is 3.49. The number of likely N-dealkylation sites (tertiary alicyclic amines) is 1. The molecule has 2 heterocycles. The smallest absolute Gasteiger partial charge is 0.272 e. The number of carbonyl (C=O) groups is 1. The minimum absolute atomic E-state index is 0.00493. The number of amides is 1. The van der Waals surface area contributed by atoms with Crippen LogP contribution in [0.1, 0.15) is 23.8 Å². The standard InChI is InChI=1S/C12H16BrN3O/c1-12(7-14)4-5-16(8-12)11(17)10-3-2-9(13)6-15-10/h2-3,6H,4-5,7-8,14H2,1H3. The number of hydrogen-bond acceptors (Lipinski definition) is 3. The molecule has 0 saturated carbocycles. The fourth-order valence-electron chi connectivity index (χ4n) is 2.03. The van der Waals surface area contributed by atoms with Gasteiger partial charge in [0.1, 0.15) is 5.69 Å². The molecule has 0 aliphatic carbocycles. The van der Waals surface area contributed by atoms with Gasteiger partial charge >= 0.3 is 0 Å². The zero-order valence-electron chi connectivity index (χ0n) is 9.82. The molecule has 4 nitrogen and oxygen atoms in total. The molecular formula is C12H16BrN3O. The molecule has 1 fully saturated rings. The minimum atomic E-state index is -0.00493. The fraction of sp³-hybridized carbons (Fsp3) is 0.500. The summed E-state index contributed by atoms with van der Waals surface area (Å²) in [7, 11) is 0. The summed E-state index contributed by atoms with van der Waals surface area (Å²) in [5.41, 5.74) is 6.28. The third-order valence-electron chi connectivity index (χ3n) is 3.28. The van der Waals surface area contributed by atoms with Crippen molar-refractivity contribution in [2.45, 2.75) is 13.3 Å². The number of nitrogens with zero attached hydrogens (tertiary/aromatic N) is 2. The number of halogens is 1. The van der Waals surface area contributed by atoms with Crippen molar-refractivity contribution in [2.24, 2.45) is 11.1 Å². The Morgan fingerprint density at radius 1 is 1.65 bits per heavy atom. The topological polar surface area (TPSA) is 59.2 Å². The molecule has 1 aromatic rings. The average molecular weight is 298 g/mol. The summed E-state index contributed by atoms with van der Waals surface area (Å²) in [5, 5.41) is 0. The third-order valence-corrected chi connectivity index (χ3v) is 3.75. The van der Waals surface area contributed by atoms with E-state index in [-0.39, 0.29) is 11.3 Å². The van der Waals surface area contributed by atoms with Crippen molar-refractivity contribution >= 4 is 21.8 Å². The van der Waals surface area contributed by atoms with Crippen LogP contribution in [0.15, 0.2) is 22.8 Å². The highest BCUT2D eigenvalue weighted by Gasteiger charge is 2.35. The van der Waals surface area contributed by atoms with Gasteiger partial charge in [-0.15, -0.1) is 0 Å². The van der Waals surface area contributed by atoms with Gasteiger partial charge in [0, 0.05) is 23.8 Å². The van der Waals surface area contributed by atoms with E-state index in [1.54, 1.807) is 12.3 Å². The number of aromatic nitrogens is 1. The lowest BCUT2D eigenvalue weighted by atomic mass is 9.90. The quantitative estimate of drug-likeness (QED) is 0.903. The molecule has 1 aliphatic heterocycles. The normalized spacial score (nSPS) is 24.1. The lowest BCUT2D eigenvalue weighted by Gasteiger charge is -2.22. The number of pyridine rings is 1. The Balaban J connectivity index is 2.09. The summed E-state index contributed by atoms with van der Waals surface area (Å²) < 4.78 is 0.877. The van der Waals surface area contributed by atoms with Crippen LogP contribution in [0.3, 0.4) is 0 Å². The minimum Gasteiger partial charge on any atom is -0.337 e. The summed E-state index contributed by atoms with van der Waals surface area (Å²) in [4.78, 5) is 18.1. The van der Waals surface area contributed by atoms with Crippen LogP contribution in [0.4, 0.5) is 0 Å². The van der Waals surface area contributed by atoms with Crippen LogP contribution in [0.5, 0.6) is 0 Å². The van der Waals surface area contributed by atoms with Gasteiger partial charge in [0.15, 0.2) is 0 Å². The van der Waals surface area contributed by atoms with Crippen LogP contribution in [-0.2, 0) is 0 Å². The number of hydrogen-bond donors (Lipinski definition) is 1. The monoisotopic (exact) mass is 297 g/mol. The first-order valence-corrected chi connectivity index (χ1v) is 6.44. The van der Waals surface area contributed by atoms with Crippen molar-refractivity contribution in [1.82, 2.24) is 9.88 Å². The maximum atomic E-state index is 12.2. The predicted molar refractivity (Wildman–Crippen MR) is 69.6 cm³/mol. The maximum absolute atomic E-state index is 12.2. The van der Waals surface area contributed by atoms with Crippen LogP contribution >= 0.6 is 15.9 Å². The Morgan fingerprint density at radius 2 is 2.41 bits per heavy atom. The highest BCUT2D eigenvalue weighted by molar-refractivity contribution is 9.10. The molecule has 5 heteroatoms. The predicted octanol–water partition coefficient (Wildman–Crippen LogP) is 1.66. The van der Waals surface area contributed by atoms with Crippen LogP contribution in [0, 0.1) is 5.41 Å². The molecular weight excluding hydrogens is 282 g/mol. The zero-order chi connectivity index (χ0) is 12.5. The van der Waals surface area contributed by atoms with Gasteiger partial charge in [0.25, 0.3) is 5.91 Å². The highest BCUT2D eigenvalue weighted by Crippen LogP contribution is 2.29. The van der Waals surface area contributed by atoms with Crippen molar-refractivity contribution < 1.29 is 4.79 Å². The van der Waals surface area contributed by atoms with Gasteiger partial charge in [-0.05, 0) is 46.4 Å². The molecule has 1 saturated heterocycles. The number of rotatable bonds is 2. The fourth-order valence-corrected chi connectivity index (χ4v) is 2.26. The largest absolute Gasteiger partial charge is 0.337 e. The molecule has 1 amide bonds. The van der Waals surface area contributed by atoms with E-state index in [4.69, 9.17) is 5.73 Å². The van der Waals surface area contributed by atoms with Gasteiger partial charge < -0.3 is 10.6 Å². The Labute approximate surface area is 109 Å². The summed E-state index contributed by atoms with van der Waals surface area (Å²) in [5.74, 6) is -0.00493. The van der Waals surface area contributed by atoms with Crippen molar-refractivity contribution in [3.8, 4) is 0 Å². The molecule has 2 rings (SSSR count). The Bertz CT molecular complexity index is 420. The van der Waals surface area contributed by atoms with Gasteiger partial charge in [-0.3, -0.25) is 4.79 Å². The summed E-state index contributed by atoms with van der Waals surface area (Å²) >= 11 is 3.30. The second kappa shape index (κ2) is 4.74. The first-order chi connectivity index (χ1) is 8.04. The molecule has 0 aromatic carbocycles. The molecule has 1 atom stereocenters. The summed E-state index contributed by atoms with van der Waals surface area (Å²) in [6, 6.07) is 3.57. The zero-order valence-corrected chi connectivity index (χ0v) is 11.4. The van der Waals surface area contributed by atoms with Gasteiger partial charge in [-0.25, -0.2) is 4.98 Å². The van der Waals surface area contributed by atoms with Crippen LogP contribution in [0.25, 0.3) is 0 Å². The molecule has 92 valence electrons. The SMILES string of the molecule is CC1(CN)CCN(C(=O)c2ccc(Br)cn2)C1. The van der Waals surface area contributed by atoms with Gasteiger partial charge in [0.05, 0.1) is 0 Å². The van der Waals surface area contributed by atoms with E-state index >= 15 is 0 Å². The number of nitrogens with two attached hydrogens (primary N) is 1. The third kappa shape index (κ3) is 2.66. The van der Waals surface area contributed by atoms with Crippen molar-refractivity contribution in [3.63, 3.8) is 0 Å². The molecule has 1 aromatic heterocycles. The van der Waals surface area contributed by atoms with Crippen molar-refractivity contribution in [1.29, 1.82) is 0 Å². The summed E-state index contributed by atoms with van der Waals surface area (Å²) in [6.45, 7) is 4.23. The van der Waals surface area contributed by atoms with E-state index in [2.05, 4.69) is 27.8 Å². The molecule has 0 spiro atoms.